The first kappa shape index (κ1) is 18.8. The van der Waals surface area contributed by atoms with E-state index in [1.165, 1.54) is 5.56 Å². The highest BCUT2D eigenvalue weighted by Crippen LogP contribution is 2.11. The number of aliphatic imine (C=N–C) groups is 1. The fraction of sp³-hybridized carbons (Fsp3) is 0.400. The van der Waals surface area contributed by atoms with Crippen molar-refractivity contribution in [2.24, 2.45) is 4.99 Å². The summed E-state index contributed by atoms with van der Waals surface area (Å²) in [6.07, 6.45) is 3.82. The molecule has 0 aliphatic carbocycles. The summed E-state index contributed by atoms with van der Waals surface area (Å²) < 4.78 is 5.74. The summed E-state index contributed by atoms with van der Waals surface area (Å²) in [5.41, 5.74) is 2.21. The lowest BCUT2D eigenvalue weighted by molar-refractivity contribution is 0.307. The van der Waals surface area contributed by atoms with Gasteiger partial charge in [-0.05, 0) is 51.0 Å². The molecule has 1 aromatic heterocycles. The van der Waals surface area contributed by atoms with Gasteiger partial charge in [0, 0.05) is 19.3 Å². The molecule has 0 spiro atoms. The maximum atomic E-state index is 5.74. The van der Waals surface area contributed by atoms with Crippen molar-refractivity contribution in [1.82, 2.24) is 15.6 Å². The highest BCUT2D eigenvalue weighted by Gasteiger charge is 1.98. The van der Waals surface area contributed by atoms with Gasteiger partial charge in [-0.1, -0.05) is 23.8 Å². The van der Waals surface area contributed by atoms with Crippen molar-refractivity contribution in [3.63, 3.8) is 0 Å². The Hall–Kier alpha value is -2.56. The van der Waals surface area contributed by atoms with Gasteiger partial charge in [-0.3, -0.25) is 4.98 Å². The maximum absolute atomic E-state index is 5.74. The first-order valence-electron chi connectivity index (χ1n) is 8.89. The van der Waals surface area contributed by atoms with Crippen LogP contribution in [0.1, 0.15) is 31.0 Å². The summed E-state index contributed by atoms with van der Waals surface area (Å²) in [7, 11) is 0. The van der Waals surface area contributed by atoms with E-state index in [4.69, 9.17) is 4.74 Å². The van der Waals surface area contributed by atoms with Crippen LogP contribution in [0.4, 0.5) is 0 Å². The van der Waals surface area contributed by atoms with Crippen molar-refractivity contribution in [3.8, 4) is 5.75 Å². The lowest BCUT2D eigenvalue weighted by Crippen LogP contribution is -2.37. The van der Waals surface area contributed by atoms with Crippen molar-refractivity contribution in [3.05, 3.63) is 59.9 Å². The molecule has 1 aromatic carbocycles. The zero-order valence-electron chi connectivity index (χ0n) is 15.2. The minimum atomic E-state index is 0.576. The number of aryl methyl sites for hydroxylation is 1. The second-order valence-corrected chi connectivity index (χ2v) is 5.81. The van der Waals surface area contributed by atoms with Gasteiger partial charge in [0.2, 0.25) is 0 Å². The number of nitrogens with zero attached hydrogens (tertiary/aromatic N) is 2. The SMILES string of the molecule is CCNC(=NCc1ccccn1)NCCCCOc1ccc(C)cc1. The number of benzene rings is 1. The van der Waals surface area contributed by atoms with Gasteiger partial charge in [0.15, 0.2) is 5.96 Å². The Balaban J connectivity index is 1.64. The predicted octanol–water partition coefficient (Wildman–Crippen LogP) is 3.30. The van der Waals surface area contributed by atoms with E-state index in [9.17, 15) is 0 Å². The Bertz CT molecular complexity index is 626. The third-order valence-corrected chi connectivity index (χ3v) is 3.62. The molecular weight excluding hydrogens is 312 g/mol. The molecule has 0 aliphatic rings. The normalized spacial score (nSPS) is 11.2. The van der Waals surface area contributed by atoms with Crippen molar-refractivity contribution >= 4 is 5.96 Å². The second-order valence-electron chi connectivity index (χ2n) is 5.81. The highest BCUT2D eigenvalue weighted by atomic mass is 16.5. The quantitative estimate of drug-likeness (QED) is 0.418. The van der Waals surface area contributed by atoms with Crippen LogP contribution in [-0.2, 0) is 6.54 Å². The lowest BCUT2D eigenvalue weighted by atomic mass is 10.2. The average Bonchev–Trinajstić information content (AvgIpc) is 2.64. The summed E-state index contributed by atoms with van der Waals surface area (Å²) in [5.74, 6) is 1.76. The van der Waals surface area contributed by atoms with Gasteiger partial charge >= 0.3 is 0 Å². The van der Waals surface area contributed by atoms with Gasteiger partial charge in [-0.15, -0.1) is 0 Å². The Morgan fingerprint density at radius 2 is 1.92 bits per heavy atom. The number of pyridine rings is 1. The molecule has 0 saturated heterocycles. The van der Waals surface area contributed by atoms with E-state index in [1.807, 2.05) is 30.3 Å². The molecular formula is C20H28N4O. The van der Waals surface area contributed by atoms with Gasteiger partial charge in [-0.2, -0.15) is 0 Å². The van der Waals surface area contributed by atoms with Gasteiger partial charge in [0.25, 0.3) is 0 Å². The van der Waals surface area contributed by atoms with E-state index in [1.54, 1.807) is 6.20 Å². The predicted molar refractivity (Wildman–Crippen MR) is 103 cm³/mol. The first-order chi connectivity index (χ1) is 12.3. The molecule has 0 atom stereocenters. The smallest absolute Gasteiger partial charge is 0.191 e. The summed E-state index contributed by atoms with van der Waals surface area (Å²) >= 11 is 0. The molecule has 5 heteroatoms. The van der Waals surface area contributed by atoms with Crippen LogP contribution in [0.2, 0.25) is 0 Å². The monoisotopic (exact) mass is 340 g/mol. The Kier molecular flexibility index (Phi) is 8.32. The van der Waals surface area contributed by atoms with Crippen molar-refractivity contribution < 1.29 is 4.74 Å². The fourth-order valence-electron chi connectivity index (χ4n) is 2.25. The lowest BCUT2D eigenvalue weighted by Gasteiger charge is -2.11. The van der Waals surface area contributed by atoms with E-state index in [0.717, 1.165) is 49.9 Å². The Morgan fingerprint density at radius 3 is 2.64 bits per heavy atom. The molecule has 2 aromatic rings. The average molecular weight is 340 g/mol. The third-order valence-electron chi connectivity index (χ3n) is 3.62. The molecule has 2 N–H and O–H groups in total. The number of ether oxygens (including phenoxy) is 1. The fourth-order valence-corrected chi connectivity index (χ4v) is 2.25. The molecule has 0 unspecified atom stereocenters. The number of unbranched alkanes of at least 4 members (excludes halogenated alkanes) is 1. The Labute approximate surface area is 150 Å². The maximum Gasteiger partial charge on any atom is 0.191 e. The molecule has 0 bridgehead atoms. The first-order valence-corrected chi connectivity index (χ1v) is 8.89. The van der Waals surface area contributed by atoms with E-state index in [2.05, 4.69) is 46.6 Å². The van der Waals surface area contributed by atoms with Gasteiger partial charge in [-0.25, -0.2) is 4.99 Å². The molecule has 0 radical (unpaired) electrons. The van der Waals surface area contributed by atoms with Gasteiger partial charge in [0.1, 0.15) is 5.75 Å². The van der Waals surface area contributed by atoms with E-state index in [-0.39, 0.29) is 0 Å². The van der Waals surface area contributed by atoms with Gasteiger partial charge in [0.05, 0.1) is 18.8 Å². The molecule has 25 heavy (non-hydrogen) atoms. The summed E-state index contributed by atoms with van der Waals surface area (Å²) in [6, 6.07) is 14.0. The molecule has 2 rings (SSSR count). The molecule has 0 fully saturated rings. The van der Waals surface area contributed by atoms with E-state index in [0.29, 0.717) is 6.54 Å². The zero-order chi connectivity index (χ0) is 17.7. The number of guanidine groups is 1. The van der Waals surface area contributed by atoms with Crippen molar-refractivity contribution in [1.29, 1.82) is 0 Å². The third kappa shape index (κ3) is 7.70. The second kappa shape index (κ2) is 11.1. The van der Waals surface area contributed by atoms with Crippen LogP contribution >= 0.6 is 0 Å². The van der Waals surface area contributed by atoms with Crippen LogP contribution in [-0.4, -0.2) is 30.6 Å². The minimum Gasteiger partial charge on any atom is -0.494 e. The van der Waals surface area contributed by atoms with Crippen LogP contribution in [0.15, 0.2) is 53.7 Å². The summed E-state index contributed by atoms with van der Waals surface area (Å²) in [6.45, 7) is 7.15. The van der Waals surface area contributed by atoms with Crippen molar-refractivity contribution in [2.75, 3.05) is 19.7 Å². The van der Waals surface area contributed by atoms with Crippen molar-refractivity contribution in [2.45, 2.75) is 33.2 Å². The molecule has 0 amide bonds. The number of rotatable bonds is 9. The largest absolute Gasteiger partial charge is 0.494 e. The van der Waals surface area contributed by atoms with Crippen LogP contribution in [0.5, 0.6) is 5.75 Å². The van der Waals surface area contributed by atoms with Crippen LogP contribution in [0.3, 0.4) is 0 Å². The van der Waals surface area contributed by atoms with Crippen LogP contribution in [0, 0.1) is 6.92 Å². The zero-order valence-corrected chi connectivity index (χ0v) is 15.2. The number of hydrogen-bond acceptors (Lipinski definition) is 3. The van der Waals surface area contributed by atoms with Gasteiger partial charge < -0.3 is 15.4 Å². The Morgan fingerprint density at radius 1 is 1.08 bits per heavy atom. The topological polar surface area (TPSA) is 58.5 Å². The molecule has 5 nitrogen and oxygen atoms in total. The van der Waals surface area contributed by atoms with E-state index < -0.39 is 0 Å². The molecule has 1 heterocycles. The summed E-state index contributed by atoms with van der Waals surface area (Å²) in [5, 5.41) is 6.61. The molecule has 0 saturated carbocycles. The van der Waals surface area contributed by atoms with Crippen LogP contribution in [0.25, 0.3) is 0 Å². The minimum absolute atomic E-state index is 0.576. The summed E-state index contributed by atoms with van der Waals surface area (Å²) in [4.78, 5) is 8.84. The number of aromatic nitrogens is 1. The molecule has 0 aliphatic heterocycles. The number of hydrogen-bond donors (Lipinski definition) is 2. The van der Waals surface area contributed by atoms with E-state index >= 15 is 0 Å². The number of nitrogens with one attached hydrogen (secondary N) is 2. The molecule has 134 valence electrons. The van der Waals surface area contributed by atoms with Crippen LogP contribution < -0.4 is 15.4 Å². The highest BCUT2D eigenvalue weighted by molar-refractivity contribution is 5.79. The standard InChI is InChI=1S/C20H28N4O/c1-3-21-20(24-16-18-8-4-5-13-22-18)23-14-6-7-15-25-19-11-9-17(2)10-12-19/h4-5,8-13H,3,6-7,14-16H2,1-2H3,(H2,21,23,24).